The van der Waals surface area contributed by atoms with Gasteiger partial charge in [-0.2, -0.15) is 5.26 Å². The number of fused-ring (bicyclic) bond motifs is 1. The van der Waals surface area contributed by atoms with E-state index in [1.807, 2.05) is 25.1 Å². The fraction of sp³-hybridized carbons (Fsp3) is 0.333. The molecule has 2 aliphatic heterocycles. The Balaban J connectivity index is 1.74. The number of anilines is 1. The standard InChI is InChI=1S/C24H24ClN3O4S/c1-14-18(25)6-5-7-19(14)27-12-28-23(29)9-15(17(11-26)24(28)33-13-27)16-8-21(31-3)22(32-4)10-20(16)30-2/h5-8,10,15H,9,12-13H2,1-4H3. The van der Waals surface area contributed by atoms with E-state index in [2.05, 4.69) is 11.0 Å². The van der Waals surface area contributed by atoms with Gasteiger partial charge >= 0.3 is 0 Å². The maximum absolute atomic E-state index is 13.3. The van der Waals surface area contributed by atoms with E-state index < -0.39 is 5.92 Å². The van der Waals surface area contributed by atoms with Crippen molar-refractivity contribution in [3.63, 3.8) is 0 Å². The van der Waals surface area contributed by atoms with Gasteiger partial charge < -0.3 is 19.1 Å². The Bertz CT molecular complexity index is 1180. The molecule has 33 heavy (non-hydrogen) atoms. The first-order chi connectivity index (χ1) is 15.9. The van der Waals surface area contributed by atoms with Crippen LogP contribution in [0.2, 0.25) is 5.02 Å². The Labute approximate surface area is 202 Å². The van der Waals surface area contributed by atoms with Crippen molar-refractivity contribution < 1.29 is 19.0 Å². The number of allylic oxidation sites excluding steroid dienone is 1. The highest BCUT2D eigenvalue weighted by Gasteiger charge is 2.40. The molecule has 0 radical (unpaired) electrons. The molecule has 0 bridgehead atoms. The van der Waals surface area contributed by atoms with Gasteiger partial charge in [0.05, 0.1) is 50.5 Å². The summed E-state index contributed by atoms with van der Waals surface area (Å²) < 4.78 is 16.4. The summed E-state index contributed by atoms with van der Waals surface area (Å²) in [5.41, 5.74) is 3.21. The van der Waals surface area contributed by atoms with Crippen LogP contribution in [0.3, 0.4) is 0 Å². The Morgan fingerprint density at radius 2 is 1.82 bits per heavy atom. The highest BCUT2D eigenvalue weighted by molar-refractivity contribution is 8.03. The minimum Gasteiger partial charge on any atom is -0.496 e. The van der Waals surface area contributed by atoms with Gasteiger partial charge in [-0.1, -0.05) is 29.4 Å². The van der Waals surface area contributed by atoms with Crippen LogP contribution < -0.4 is 19.1 Å². The highest BCUT2D eigenvalue weighted by atomic mass is 35.5. The van der Waals surface area contributed by atoms with Crippen LogP contribution in [0.15, 0.2) is 40.9 Å². The van der Waals surface area contributed by atoms with Gasteiger partial charge in [-0.05, 0) is 30.7 Å². The third kappa shape index (κ3) is 4.07. The molecular formula is C24H24ClN3O4S. The summed E-state index contributed by atoms with van der Waals surface area (Å²) in [7, 11) is 4.66. The number of rotatable bonds is 5. The van der Waals surface area contributed by atoms with E-state index in [0.717, 1.165) is 16.8 Å². The van der Waals surface area contributed by atoms with Crippen molar-refractivity contribution in [2.75, 3.05) is 38.8 Å². The Morgan fingerprint density at radius 1 is 1.12 bits per heavy atom. The van der Waals surface area contributed by atoms with Gasteiger partial charge in [0.1, 0.15) is 5.75 Å². The van der Waals surface area contributed by atoms with Crippen molar-refractivity contribution in [1.82, 2.24) is 4.90 Å². The first-order valence-corrected chi connectivity index (χ1v) is 11.7. The van der Waals surface area contributed by atoms with E-state index in [4.69, 9.17) is 25.8 Å². The molecule has 172 valence electrons. The number of hydrogen-bond donors (Lipinski definition) is 0. The maximum Gasteiger partial charge on any atom is 0.229 e. The van der Waals surface area contributed by atoms with Crippen LogP contribution in [0.25, 0.3) is 0 Å². The molecule has 0 aliphatic carbocycles. The monoisotopic (exact) mass is 485 g/mol. The molecule has 0 N–H and O–H groups in total. The van der Waals surface area contributed by atoms with Crippen LogP contribution in [-0.4, -0.2) is 44.7 Å². The number of thioether (sulfide) groups is 1. The first kappa shape index (κ1) is 23.1. The number of methoxy groups -OCH3 is 3. The summed E-state index contributed by atoms with van der Waals surface area (Å²) in [4.78, 5) is 17.1. The van der Waals surface area contributed by atoms with Gasteiger partial charge in [-0.3, -0.25) is 9.69 Å². The van der Waals surface area contributed by atoms with E-state index in [1.165, 1.54) is 11.8 Å². The predicted octanol–water partition coefficient (Wildman–Crippen LogP) is 4.89. The van der Waals surface area contributed by atoms with Crippen LogP contribution in [0.5, 0.6) is 17.2 Å². The summed E-state index contributed by atoms with van der Waals surface area (Å²) in [5.74, 6) is 1.70. The number of benzene rings is 2. The fourth-order valence-corrected chi connectivity index (χ4v) is 5.57. The molecule has 1 saturated heterocycles. The number of halogens is 1. The summed E-state index contributed by atoms with van der Waals surface area (Å²) in [5, 5.41) is 11.5. The molecule has 2 heterocycles. The van der Waals surface area contributed by atoms with E-state index in [-0.39, 0.29) is 12.3 Å². The minimum absolute atomic E-state index is 0.0530. The second kappa shape index (κ2) is 9.46. The van der Waals surface area contributed by atoms with Gasteiger partial charge in [-0.15, -0.1) is 0 Å². The largest absolute Gasteiger partial charge is 0.496 e. The zero-order chi connectivity index (χ0) is 23.7. The lowest BCUT2D eigenvalue weighted by molar-refractivity contribution is -0.129. The Hall–Kier alpha value is -3.02. The van der Waals surface area contributed by atoms with Gasteiger partial charge in [0.25, 0.3) is 0 Å². The highest BCUT2D eigenvalue weighted by Crippen LogP contribution is 2.48. The van der Waals surface area contributed by atoms with E-state index in [1.54, 1.807) is 38.4 Å². The van der Waals surface area contributed by atoms with E-state index >= 15 is 0 Å². The van der Waals surface area contributed by atoms with Gasteiger partial charge in [0, 0.05) is 34.7 Å². The number of nitrogens with zero attached hydrogens (tertiary/aromatic N) is 3. The average Bonchev–Trinajstić information content (AvgIpc) is 2.84. The topological polar surface area (TPSA) is 75.0 Å². The molecule has 2 aliphatic rings. The maximum atomic E-state index is 13.3. The van der Waals surface area contributed by atoms with Gasteiger partial charge in [0.15, 0.2) is 11.5 Å². The van der Waals surface area contributed by atoms with Crippen LogP contribution in [0, 0.1) is 18.3 Å². The normalized spacial score (nSPS) is 18.1. The lowest BCUT2D eigenvalue weighted by Crippen LogP contribution is -2.47. The van der Waals surface area contributed by atoms with Crippen LogP contribution in [-0.2, 0) is 4.79 Å². The molecule has 1 fully saturated rings. The quantitative estimate of drug-likeness (QED) is 0.596. The zero-order valence-electron chi connectivity index (χ0n) is 18.8. The van der Waals surface area contributed by atoms with Gasteiger partial charge in [-0.25, -0.2) is 0 Å². The molecule has 7 nitrogen and oxygen atoms in total. The van der Waals surface area contributed by atoms with E-state index in [0.29, 0.717) is 45.4 Å². The summed E-state index contributed by atoms with van der Waals surface area (Å²) in [6.07, 6.45) is 0.154. The number of carbonyl (C=O) groups is 1. The molecule has 1 unspecified atom stereocenters. The molecule has 0 saturated carbocycles. The lowest BCUT2D eigenvalue weighted by atomic mass is 9.85. The fourth-order valence-electron chi connectivity index (χ4n) is 4.24. The van der Waals surface area contributed by atoms with Crippen LogP contribution in [0.4, 0.5) is 5.69 Å². The molecule has 0 aromatic heterocycles. The minimum atomic E-state index is -0.435. The SMILES string of the molecule is COc1cc(OC)c(C2CC(=O)N3CN(c4cccc(Cl)c4C)CSC3=C2C#N)cc1OC. The second-order valence-corrected chi connectivity index (χ2v) is 9.04. The third-order valence-corrected chi connectivity index (χ3v) is 7.55. The molecule has 0 spiro atoms. The molecule has 9 heteroatoms. The summed E-state index contributed by atoms with van der Waals surface area (Å²) in [6, 6.07) is 11.6. The van der Waals surface area contributed by atoms with Gasteiger partial charge in [0.2, 0.25) is 5.91 Å². The van der Waals surface area contributed by atoms with Crippen molar-refractivity contribution >= 4 is 35.0 Å². The number of ether oxygens (including phenoxy) is 3. The third-order valence-electron chi connectivity index (χ3n) is 5.98. The Morgan fingerprint density at radius 3 is 2.48 bits per heavy atom. The smallest absolute Gasteiger partial charge is 0.229 e. The molecule has 4 rings (SSSR count). The number of nitriles is 1. The van der Waals surface area contributed by atoms with Crippen LogP contribution >= 0.6 is 23.4 Å². The summed E-state index contributed by atoms with van der Waals surface area (Å²) in [6.45, 7) is 2.33. The summed E-state index contributed by atoms with van der Waals surface area (Å²) >= 11 is 7.79. The predicted molar refractivity (Wildman–Crippen MR) is 129 cm³/mol. The van der Waals surface area contributed by atoms with Crippen molar-refractivity contribution in [3.05, 3.63) is 57.1 Å². The first-order valence-electron chi connectivity index (χ1n) is 10.3. The van der Waals surface area contributed by atoms with Crippen LogP contribution in [0.1, 0.15) is 23.5 Å². The molecule has 1 atom stereocenters. The van der Waals surface area contributed by atoms with Crippen molar-refractivity contribution in [2.45, 2.75) is 19.3 Å². The van der Waals surface area contributed by atoms with E-state index in [9.17, 15) is 10.1 Å². The van der Waals surface area contributed by atoms with Crippen molar-refractivity contribution in [2.24, 2.45) is 0 Å². The zero-order valence-corrected chi connectivity index (χ0v) is 20.4. The number of hydrogen-bond acceptors (Lipinski definition) is 7. The number of carbonyl (C=O) groups excluding carboxylic acids is 1. The van der Waals surface area contributed by atoms with Crippen molar-refractivity contribution in [3.8, 4) is 23.3 Å². The molecule has 1 amide bonds. The number of amides is 1. The van der Waals surface area contributed by atoms with Crippen molar-refractivity contribution in [1.29, 1.82) is 5.26 Å². The lowest BCUT2D eigenvalue weighted by Gasteiger charge is -2.42. The molecule has 2 aromatic carbocycles. The second-order valence-electron chi connectivity index (χ2n) is 7.70. The average molecular weight is 486 g/mol. The molecular weight excluding hydrogens is 462 g/mol. The molecule has 2 aromatic rings. The Kier molecular flexibility index (Phi) is 6.63.